The predicted octanol–water partition coefficient (Wildman–Crippen LogP) is 5.40. The first-order chi connectivity index (χ1) is 20.5. The molecule has 1 saturated carbocycles. The van der Waals surface area contributed by atoms with Crippen molar-refractivity contribution >= 4 is 34.2 Å². The van der Waals surface area contributed by atoms with E-state index in [1.165, 1.54) is 26.2 Å². The van der Waals surface area contributed by atoms with Crippen LogP contribution in [0.2, 0.25) is 5.02 Å². The number of carbonyl (C=O) groups is 1. The van der Waals surface area contributed by atoms with Crippen molar-refractivity contribution in [2.75, 3.05) is 18.4 Å². The van der Waals surface area contributed by atoms with Gasteiger partial charge in [-0.1, -0.05) is 17.7 Å². The van der Waals surface area contributed by atoms with Gasteiger partial charge in [0.1, 0.15) is 12.1 Å². The zero-order valence-electron chi connectivity index (χ0n) is 23.6. The van der Waals surface area contributed by atoms with Crippen molar-refractivity contribution in [3.05, 3.63) is 73.4 Å². The molecule has 2 fully saturated rings. The fraction of sp³-hybridized carbons (Fsp3) is 0.467. The number of hydrogen-bond acceptors (Lipinski definition) is 5. The van der Waals surface area contributed by atoms with Crippen LogP contribution in [0, 0.1) is 17.2 Å². The SMILES string of the molecule is CCn1c(=O)n(CC2CC2)c(=O)c2cc(NC(=O)N3CCCCC3CNC(c3ccc(C#N)c(Cl)c3)C(F)(F)F)ccc21. The van der Waals surface area contributed by atoms with Gasteiger partial charge in [0, 0.05) is 37.9 Å². The van der Waals surface area contributed by atoms with Crippen LogP contribution in [0.25, 0.3) is 10.9 Å². The van der Waals surface area contributed by atoms with Crippen LogP contribution >= 0.6 is 11.6 Å². The van der Waals surface area contributed by atoms with Gasteiger partial charge >= 0.3 is 17.9 Å². The minimum atomic E-state index is -4.64. The number of benzene rings is 2. The van der Waals surface area contributed by atoms with Crippen LogP contribution in [-0.4, -0.2) is 45.4 Å². The number of rotatable bonds is 8. The summed E-state index contributed by atoms with van der Waals surface area (Å²) in [5.41, 5.74) is 0.0178. The van der Waals surface area contributed by atoms with Crippen LogP contribution in [0.15, 0.2) is 46.0 Å². The molecule has 2 aliphatic rings. The molecule has 2 atom stereocenters. The Labute approximate surface area is 250 Å². The summed E-state index contributed by atoms with van der Waals surface area (Å²) in [6.07, 6.45) is -0.738. The summed E-state index contributed by atoms with van der Waals surface area (Å²) in [4.78, 5) is 41.2. The van der Waals surface area contributed by atoms with Gasteiger partial charge in [-0.15, -0.1) is 0 Å². The third-order valence-electron chi connectivity index (χ3n) is 8.15. The molecule has 1 aliphatic carbocycles. The van der Waals surface area contributed by atoms with Gasteiger partial charge in [-0.3, -0.25) is 13.9 Å². The van der Waals surface area contributed by atoms with Crippen LogP contribution in [0.5, 0.6) is 0 Å². The van der Waals surface area contributed by atoms with Crippen molar-refractivity contribution in [1.82, 2.24) is 19.4 Å². The monoisotopic (exact) mass is 616 g/mol. The molecule has 0 spiro atoms. The normalized spacial score (nSPS) is 18.0. The lowest BCUT2D eigenvalue weighted by molar-refractivity contribution is -0.158. The van der Waals surface area contributed by atoms with Gasteiger partial charge in [0.15, 0.2) is 0 Å². The molecule has 0 bridgehead atoms. The molecule has 3 aromatic rings. The molecule has 1 aromatic heterocycles. The van der Waals surface area contributed by atoms with E-state index in [0.717, 1.165) is 25.3 Å². The van der Waals surface area contributed by atoms with Crippen LogP contribution in [0.3, 0.4) is 0 Å². The van der Waals surface area contributed by atoms with Crippen molar-refractivity contribution in [2.24, 2.45) is 5.92 Å². The second-order valence-electron chi connectivity index (χ2n) is 11.1. The number of carbonyl (C=O) groups excluding carboxylic acids is 1. The maximum absolute atomic E-state index is 14.0. The Balaban J connectivity index is 1.35. The van der Waals surface area contributed by atoms with E-state index in [1.807, 2.05) is 13.0 Å². The number of alkyl halides is 3. The fourth-order valence-electron chi connectivity index (χ4n) is 5.68. The van der Waals surface area contributed by atoms with Crippen LogP contribution in [0.1, 0.15) is 56.2 Å². The van der Waals surface area contributed by atoms with Gasteiger partial charge < -0.3 is 15.5 Å². The molecule has 9 nitrogen and oxygen atoms in total. The largest absolute Gasteiger partial charge is 0.407 e. The van der Waals surface area contributed by atoms with E-state index < -0.39 is 29.9 Å². The summed E-state index contributed by atoms with van der Waals surface area (Å²) in [7, 11) is 0. The minimum absolute atomic E-state index is 0.0691. The van der Waals surface area contributed by atoms with E-state index in [4.69, 9.17) is 16.9 Å². The number of nitrogens with one attached hydrogen (secondary N) is 2. The molecule has 2 N–H and O–H groups in total. The number of fused-ring (bicyclic) bond motifs is 1. The summed E-state index contributed by atoms with van der Waals surface area (Å²) in [6, 6.07) is 7.19. The van der Waals surface area contributed by atoms with Crippen LogP contribution in [0.4, 0.5) is 23.7 Å². The Morgan fingerprint density at radius 3 is 2.53 bits per heavy atom. The van der Waals surface area contributed by atoms with E-state index in [0.29, 0.717) is 55.0 Å². The van der Waals surface area contributed by atoms with Gasteiger partial charge in [-0.05, 0) is 80.8 Å². The Morgan fingerprint density at radius 1 is 1.12 bits per heavy atom. The summed E-state index contributed by atoms with van der Waals surface area (Å²) >= 11 is 6.00. The number of nitriles is 1. The molecule has 2 heterocycles. The van der Waals surface area contributed by atoms with Crippen molar-refractivity contribution < 1.29 is 18.0 Å². The number of piperidine rings is 1. The van der Waals surface area contributed by atoms with Gasteiger partial charge in [0.2, 0.25) is 0 Å². The zero-order valence-corrected chi connectivity index (χ0v) is 24.3. The van der Waals surface area contributed by atoms with E-state index in [-0.39, 0.29) is 28.4 Å². The highest BCUT2D eigenvalue weighted by molar-refractivity contribution is 6.31. The second kappa shape index (κ2) is 12.4. The first kappa shape index (κ1) is 30.6. The standard InChI is InChI=1S/C30H32ClF3N6O3/c1-2-38-25-11-10-21(14-23(25)27(41)40(29(38)43)17-18-6-7-18)37-28(42)39-12-4-3-5-22(39)16-36-26(30(32,33)34)19-8-9-20(15-35)24(31)13-19/h8-11,13-14,18,22,26,36H,2-7,12,16-17H2,1H3,(H,37,42). The van der Waals surface area contributed by atoms with Crippen molar-refractivity contribution in [3.8, 4) is 6.07 Å². The first-order valence-corrected chi connectivity index (χ1v) is 14.7. The van der Waals surface area contributed by atoms with Crippen molar-refractivity contribution in [2.45, 2.75) is 70.4 Å². The second-order valence-corrected chi connectivity index (χ2v) is 11.5. The third-order valence-corrected chi connectivity index (χ3v) is 8.46. The molecule has 2 amide bonds. The molecular formula is C30H32ClF3N6O3. The smallest absolute Gasteiger partial charge is 0.320 e. The molecule has 2 unspecified atom stereocenters. The number of amides is 2. The van der Waals surface area contributed by atoms with Crippen LogP contribution in [-0.2, 0) is 13.1 Å². The molecular weight excluding hydrogens is 585 g/mol. The molecule has 43 heavy (non-hydrogen) atoms. The molecule has 13 heteroatoms. The van der Waals surface area contributed by atoms with E-state index in [2.05, 4.69) is 10.6 Å². The zero-order chi connectivity index (χ0) is 30.9. The lowest BCUT2D eigenvalue weighted by Crippen LogP contribution is -2.51. The topological polar surface area (TPSA) is 112 Å². The number of halogens is 4. The molecule has 5 rings (SSSR count). The lowest BCUT2D eigenvalue weighted by atomic mass is 10.0. The Morgan fingerprint density at radius 2 is 1.88 bits per heavy atom. The van der Waals surface area contributed by atoms with Gasteiger partial charge in [0.25, 0.3) is 5.56 Å². The molecule has 228 valence electrons. The maximum Gasteiger partial charge on any atom is 0.407 e. The predicted molar refractivity (Wildman–Crippen MR) is 157 cm³/mol. The fourth-order valence-corrected chi connectivity index (χ4v) is 5.91. The quantitative estimate of drug-likeness (QED) is 0.352. The van der Waals surface area contributed by atoms with Crippen molar-refractivity contribution in [3.63, 3.8) is 0 Å². The number of aromatic nitrogens is 2. The third kappa shape index (κ3) is 6.58. The number of nitrogens with zero attached hydrogens (tertiary/aromatic N) is 4. The first-order valence-electron chi connectivity index (χ1n) is 14.4. The molecule has 1 saturated heterocycles. The number of aryl methyl sites for hydroxylation is 1. The highest BCUT2D eigenvalue weighted by atomic mass is 35.5. The molecule has 1 aliphatic heterocycles. The Bertz CT molecular complexity index is 1690. The highest BCUT2D eigenvalue weighted by Gasteiger charge is 2.41. The van der Waals surface area contributed by atoms with E-state index >= 15 is 0 Å². The number of anilines is 1. The van der Waals surface area contributed by atoms with Gasteiger partial charge in [-0.25, -0.2) is 9.59 Å². The van der Waals surface area contributed by atoms with E-state index in [9.17, 15) is 27.6 Å². The van der Waals surface area contributed by atoms with Gasteiger partial charge in [-0.2, -0.15) is 18.4 Å². The number of urea groups is 1. The number of hydrogen-bond donors (Lipinski definition) is 2. The van der Waals surface area contributed by atoms with Gasteiger partial charge in [0.05, 0.1) is 21.5 Å². The Hall–Kier alpha value is -3.82. The summed E-state index contributed by atoms with van der Waals surface area (Å²) < 4.78 is 44.9. The molecule has 0 radical (unpaired) electrons. The highest BCUT2D eigenvalue weighted by Crippen LogP contribution is 2.35. The average molecular weight is 617 g/mol. The average Bonchev–Trinajstić information content (AvgIpc) is 3.80. The van der Waals surface area contributed by atoms with Crippen molar-refractivity contribution in [1.29, 1.82) is 5.26 Å². The summed E-state index contributed by atoms with van der Waals surface area (Å²) in [6.45, 7) is 2.80. The lowest BCUT2D eigenvalue weighted by Gasteiger charge is -2.37. The Kier molecular flexibility index (Phi) is 8.85. The van der Waals surface area contributed by atoms with Crippen LogP contribution < -0.4 is 21.9 Å². The minimum Gasteiger partial charge on any atom is -0.320 e. The van der Waals surface area contributed by atoms with E-state index in [1.54, 1.807) is 18.2 Å². The molecule has 2 aromatic carbocycles. The maximum atomic E-state index is 14.0. The number of likely N-dealkylation sites (tertiary alicyclic amines) is 1. The summed E-state index contributed by atoms with van der Waals surface area (Å²) in [5, 5.41) is 14.7. The summed E-state index contributed by atoms with van der Waals surface area (Å²) in [5.74, 6) is 0.312.